The largest absolute Gasteiger partial charge is 0.494 e. The van der Waals surface area contributed by atoms with Crippen LogP contribution in [0.15, 0.2) is 30.8 Å². The molecular formula is C17H18ClF3N2O. The number of alkyl halides is 3. The van der Waals surface area contributed by atoms with Crippen molar-refractivity contribution in [2.45, 2.75) is 12.6 Å². The maximum absolute atomic E-state index is 12.9. The first kappa shape index (κ1) is 18.5. The Morgan fingerprint density at radius 1 is 1.29 bits per heavy atom. The fraction of sp³-hybridized carbons (Fsp3) is 0.353. The van der Waals surface area contributed by atoms with Gasteiger partial charge in [0.25, 0.3) is 0 Å². The average Bonchev–Trinajstić information content (AvgIpc) is 2.48. The monoisotopic (exact) mass is 358 g/mol. The molecule has 2 rings (SSSR count). The third-order valence-electron chi connectivity index (χ3n) is 3.42. The Bertz CT molecular complexity index is 744. The summed E-state index contributed by atoms with van der Waals surface area (Å²) in [4.78, 5) is 5.84. The van der Waals surface area contributed by atoms with E-state index in [1.165, 1.54) is 6.07 Å². The van der Waals surface area contributed by atoms with E-state index in [9.17, 15) is 13.2 Å². The van der Waals surface area contributed by atoms with Crippen molar-refractivity contribution in [1.82, 2.24) is 9.88 Å². The number of benzene rings is 1. The molecule has 0 aliphatic heterocycles. The number of fused-ring (bicyclic) bond motifs is 1. The van der Waals surface area contributed by atoms with E-state index in [0.29, 0.717) is 23.1 Å². The Hall–Kier alpha value is -1.79. The molecular weight excluding hydrogens is 341 g/mol. The van der Waals surface area contributed by atoms with Crippen LogP contribution in [0.25, 0.3) is 16.3 Å². The number of nitrogens with zero attached hydrogens (tertiary/aromatic N) is 2. The van der Waals surface area contributed by atoms with Crippen LogP contribution in [0.4, 0.5) is 13.2 Å². The molecule has 0 atom stereocenters. The van der Waals surface area contributed by atoms with E-state index in [4.69, 9.17) is 16.3 Å². The minimum absolute atomic E-state index is 0.0207. The summed E-state index contributed by atoms with van der Waals surface area (Å²) in [6, 6.07) is 6.34. The van der Waals surface area contributed by atoms with Gasteiger partial charge >= 0.3 is 6.18 Å². The molecule has 0 aliphatic carbocycles. The quantitative estimate of drug-likeness (QED) is 0.548. The lowest BCUT2D eigenvalue weighted by Crippen LogP contribution is -2.15. The SMILES string of the molecule is C=C(c1nc(Cl)cc2cc(OCCCN(C)C)ccc12)C(F)(F)F. The van der Waals surface area contributed by atoms with Crippen molar-refractivity contribution in [3.05, 3.63) is 41.7 Å². The van der Waals surface area contributed by atoms with Crippen molar-refractivity contribution < 1.29 is 17.9 Å². The van der Waals surface area contributed by atoms with Gasteiger partial charge in [-0.25, -0.2) is 4.98 Å². The highest BCUT2D eigenvalue weighted by Gasteiger charge is 2.35. The fourth-order valence-electron chi connectivity index (χ4n) is 2.23. The Morgan fingerprint density at radius 2 is 2.00 bits per heavy atom. The molecule has 0 spiro atoms. The first-order valence-electron chi connectivity index (χ1n) is 7.33. The Labute approximate surface area is 143 Å². The van der Waals surface area contributed by atoms with E-state index < -0.39 is 11.7 Å². The van der Waals surface area contributed by atoms with E-state index >= 15 is 0 Å². The molecule has 0 amide bonds. The van der Waals surface area contributed by atoms with E-state index in [-0.39, 0.29) is 10.8 Å². The predicted octanol–water partition coefficient (Wildman–Crippen LogP) is 4.79. The van der Waals surface area contributed by atoms with Gasteiger partial charge in [-0.2, -0.15) is 13.2 Å². The Balaban J connectivity index is 2.28. The number of hydrogen-bond donors (Lipinski definition) is 0. The van der Waals surface area contributed by atoms with E-state index in [0.717, 1.165) is 13.0 Å². The standard InChI is InChI=1S/C17H18ClF3N2O/c1-11(17(19,20)21)16-14-6-5-13(24-8-4-7-23(2)3)9-12(14)10-15(18)22-16/h5-6,9-10H,1,4,7-8H2,2-3H3. The van der Waals surface area contributed by atoms with Gasteiger partial charge in [0.2, 0.25) is 0 Å². The fourth-order valence-corrected chi connectivity index (χ4v) is 2.43. The average molecular weight is 359 g/mol. The Kier molecular flexibility index (Phi) is 5.72. The first-order valence-corrected chi connectivity index (χ1v) is 7.70. The molecule has 1 aromatic carbocycles. The van der Waals surface area contributed by atoms with E-state index in [1.54, 1.807) is 18.2 Å². The van der Waals surface area contributed by atoms with Gasteiger partial charge in [0.15, 0.2) is 0 Å². The van der Waals surface area contributed by atoms with Gasteiger partial charge in [0, 0.05) is 11.9 Å². The maximum Gasteiger partial charge on any atom is 0.417 e. The maximum atomic E-state index is 12.9. The van der Waals surface area contributed by atoms with Crippen LogP contribution in [0.2, 0.25) is 5.15 Å². The molecule has 0 fully saturated rings. The normalized spacial score (nSPS) is 12.0. The lowest BCUT2D eigenvalue weighted by molar-refractivity contribution is -0.0688. The highest BCUT2D eigenvalue weighted by Crippen LogP contribution is 2.36. The van der Waals surface area contributed by atoms with Crippen LogP contribution < -0.4 is 4.74 Å². The summed E-state index contributed by atoms with van der Waals surface area (Å²) in [6.07, 6.45) is -3.72. The number of halogens is 4. The number of pyridine rings is 1. The number of aromatic nitrogens is 1. The van der Waals surface area contributed by atoms with Gasteiger partial charge in [0.1, 0.15) is 10.9 Å². The van der Waals surface area contributed by atoms with Gasteiger partial charge < -0.3 is 9.64 Å². The minimum atomic E-state index is -4.56. The van der Waals surface area contributed by atoms with Crippen molar-refractivity contribution in [1.29, 1.82) is 0 Å². The molecule has 0 aliphatic rings. The number of rotatable bonds is 6. The molecule has 130 valence electrons. The van der Waals surface area contributed by atoms with Crippen molar-refractivity contribution >= 4 is 27.9 Å². The number of hydrogen-bond acceptors (Lipinski definition) is 3. The smallest absolute Gasteiger partial charge is 0.417 e. The second-order valence-electron chi connectivity index (χ2n) is 5.66. The summed E-state index contributed by atoms with van der Waals surface area (Å²) < 4.78 is 44.4. The molecule has 2 aromatic rings. The summed E-state index contributed by atoms with van der Waals surface area (Å²) in [5.41, 5.74) is -1.28. The van der Waals surface area contributed by atoms with Crippen LogP contribution >= 0.6 is 11.6 Å². The van der Waals surface area contributed by atoms with Crippen LogP contribution in [-0.2, 0) is 0 Å². The first-order chi connectivity index (χ1) is 11.2. The molecule has 0 saturated carbocycles. The van der Waals surface area contributed by atoms with Crippen molar-refractivity contribution in [2.24, 2.45) is 0 Å². The third kappa shape index (κ3) is 4.61. The number of ether oxygens (including phenoxy) is 1. The topological polar surface area (TPSA) is 25.4 Å². The van der Waals surface area contributed by atoms with Gasteiger partial charge in [-0.1, -0.05) is 18.2 Å². The second-order valence-corrected chi connectivity index (χ2v) is 6.05. The van der Waals surface area contributed by atoms with Gasteiger partial charge in [-0.05, 0) is 50.2 Å². The van der Waals surface area contributed by atoms with Crippen LogP contribution in [0, 0.1) is 0 Å². The Morgan fingerprint density at radius 3 is 2.62 bits per heavy atom. The van der Waals surface area contributed by atoms with Crippen LogP contribution in [0.1, 0.15) is 12.1 Å². The van der Waals surface area contributed by atoms with Crippen molar-refractivity contribution in [2.75, 3.05) is 27.2 Å². The highest BCUT2D eigenvalue weighted by atomic mass is 35.5. The highest BCUT2D eigenvalue weighted by molar-refractivity contribution is 6.30. The lowest BCUT2D eigenvalue weighted by Gasteiger charge is -2.14. The third-order valence-corrected chi connectivity index (χ3v) is 3.61. The minimum Gasteiger partial charge on any atom is -0.494 e. The summed E-state index contributed by atoms with van der Waals surface area (Å²) in [5, 5.41) is 0.843. The molecule has 24 heavy (non-hydrogen) atoms. The number of allylic oxidation sites excluding steroid dienone is 1. The summed E-state index contributed by atoms with van der Waals surface area (Å²) in [6.45, 7) is 4.51. The van der Waals surface area contributed by atoms with Crippen LogP contribution in [0.5, 0.6) is 5.75 Å². The summed E-state index contributed by atoms with van der Waals surface area (Å²) in [5.74, 6) is 0.576. The van der Waals surface area contributed by atoms with E-state index in [2.05, 4.69) is 11.6 Å². The molecule has 0 radical (unpaired) electrons. The van der Waals surface area contributed by atoms with Crippen LogP contribution in [0.3, 0.4) is 0 Å². The molecule has 0 unspecified atom stereocenters. The van der Waals surface area contributed by atoms with E-state index in [1.807, 2.05) is 19.0 Å². The predicted molar refractivity (Wildman–Crippen MR) is 90.5 cm³/mol. The zero-order valence-electron chi connectivity index (χ0n) is 13.5. The molecule has 0 N–H and O–H groups in total. The zero-order valence-corrected chi connectivity index (χ0v) is 14.2. The second kappa shape index (κ2) is 7.40. The van der Waals surface area contributed by atoms with Crippen LogP contribution in [-0.4, -0.2) is 43.3 Å². The molecule has 3 nitrogen and oxygen atoms in total. The van der Waals surface area contributed by atoms with Gasteiger partial charge in [-0.15, -0.1) is 0 Å². The molecule has 1 aromatic heterocycles. The van der Waals surface area contributed by atoms with Gasteiger partial charge in [-0.3, -0.25) is 0 Å². The lowest BCUT2D eigenvalue weighted by atomic mass is 10.0. The summed E-state index contributed by atoms with van der Waals surface area (Å²) >= 11 is 5.87. The zero-order chi connectivity index (χ0) is 17.9. The molecule has 7 heteroatoms. The summed E-state index contributed by atoms with van der Waals surface area (Å²) in [7, 11) is 3.94. The van der Waals surface area contributed by atoms with Gasteiger partial charge in [0.05, 0.1) is 17.9 Å². The molecule has 0 saturated heterocycles. The molecule has 1 heterocycles. The van der Waals surface area contributed by atoms with Crippen molar-refractivity contribution in [3.63, 3.8) is 0 Å². The van der Waals surface area contributed by atoms with Crippen molar-refractivity contribution in [3.8, 4) is 5.75 Å². The molecule has 0 bridgehead atoms.